The van der Waals surface area contributed by atoms with E-state index in [1.165, 1.54) is 12.1 Å². The molecule has 24 heavy (non-hydrogen) atoms. The van der Waals surface area contributed by atoms with Crippen LogP contribution in [0.2, 0.25) is 0 Å². The quantitative estimate of drug-likeness (QED) is 0.788. The molecule has 1 saturated heterocycles. The molecule has 0 aromatic heterocycles. The second-order valence-electron chi connectivity index (χ2n) is 6.32. The minimum Gasteiger partial charge on any atom is -0.482 e. The van der Waals surface area contributed by atoms with Crippen molar-refractivity contribution in [3.63, 3.8) is 0 Å². The Labute approximate surface area is 139 Å². The van der Waals surface area contributed by atoms with Gasteiger partial charge in [0.25, 0.3) is 0 Å². The Morgan fingerprint density at radius 1 is 1.04 bits per heavy atom. The highest BCUT2D eigenvalue weighted by Gasteiger charge is 2.37. The fourth-order valence-electron chi connectivity index (χ4n) is 3.44. The van der Waals surface area contributed by atoms with Crippen LogP contribution in [0.25, 0.3) is 5.57 Å². The van der Waals surface area contributed by atoms with Gasteiger partial charge in [-0.1, -0.05) is 18.2 Å². The van der Waals surface area contributed by atoms with E-state index in [9.17, 15) is 8.78 Å². The highest BCUT2D eigenvalue weighted by atomic mass is 19.1. The molecule has 2 aliphatic rings. The lowest BCUT2D eigenvalue weighted by molar-refractivity contribution is 0.0817. The number of halogens is 2. The molecular weight excluding hydrogens is 310 g/mol. The van der Waals surface area contributed by atoms with Crippen molar-refractivity contribution < 1.29 is 13.5 Å². The molecule has 1 fully saturated rings. The van der Waals surface area contributed by atoms with Crippen LogP contribution in [0, 0.1) is 11.6 Å². The van der Waals surface area contributed by atoms with Crippen molar-refractivity contribution in [1.29, 1.82) is 0 Å². The van der Waals surface area contributed by atoms with Gasteiger partial charge in [0.1, 0.15) is 28.7 Å². The van der Waals surface area contributed by atoms with Crippen LogP contribution < -0.4 is 15.8 Å². The lowest BCUT2D eigenvalue weighted by Gasteiger charge is -2.40. The van der Waals surface area contributed by atoms with Crippen molar-refractivity contribution in [3.8, 4) is 5.75 Å². The summed E-state index contributed by atoms with van der Waals surface area (Å²) >= 11 is 0. The van der Waals surface area contributed by atoms with Crippen LogP contribution in [-0.2, 0) is 0 Å². The van der Waals surface area contributed by atoms with E-state index in [-0.39, 0.29) is 0 Å². The highest BCUT2D eigenvalue weighted by Crippen LogP contribution is 2.42. The molecule has 3 nitrogen and oxygen atoms in total. The maximum Gasteiger partial charge on any atom is 0.149 e. The van der Waals surface area contributed by atoms with E-state index in [1.54, 1.807) is 0 Å². The first-order valence-corrected chi connectivity index (χ1v) is 8.05. The Balaban J connectivity index is 1.89. The zero-order valence-electron chi connectivity index (χ0n) is 13.1. The van der Waals surface area contributed by atoms with Gasteiger partial charge in [0, 0.05) is 18.4 Å². The molecule has 2 heterocycles. The molecule has 2 aromatic carbocycles. The van der Waals surface area contributed by atoms with Gasteiger partial charge in [-0.3, -0.25) is 0 Å². The number of ether oxygens (including phenoxy) is 1. The summed E-state index contributed by atoms with van der Waals surface area (Å²) in [7, 11) is 0. The average molecular weight is 328 g/mol. The van der Waals surface area contributed by atoms with Gasteiger partial charge >= 0.3 is 0 Å². The van der Waals surface area contributed by atoms with Crippen LogP contribution in [0.5, 0.6) is 5.75 Å². The van der Waals surface area contributed by atoms with E-state index in [0.29, 0.717) is 5.56 Å². The third-order valence-corrected chi connectivity index (χ3v) is 4.74. The first-order chi connectivity index (χ1) is 11.6. The number of nitrogens with two attached hydrogens (primary N) is 1. The van der Waals surface area contributed by atoms with Crippen LogP contribution in [0.3, 0.4) is 0 Å². The normalized spacial score (nSPS) is 18.7. The number of rotatable bonds is 1. The molecule has 5 heteroatoms. The van der Waals surface area contributed by atoms with Crippen LogP contribution >= 0.6 is 0 Å². The number of hydrogen-bond acceptors (Lipinski definition) is 3. The molecule has 2 aromatic rings. The molecule has 0 unspecified atom stereocenters. The molecule has 0 radical (unpaired) electrons. The SMILES string of the molecule is Nc1c(F)cc(C2=CC3(CCNCC3)Oc3ccccc32)cc1F. The summed E-state index contributed by atoms with van der Waals surface area (Å²) in [5.41, 5.74) is 6.63. The van der Waals surface area contributed by atoms with Crippen LogP contribution in [0.4, 0.5) is 14.5 Å². The second-order valence-corrected chi connectivity index (χ2v) is 6.32. The van der Waals surface area contributed by atoms with Gasteiger partial charge in [-0.2, -0.15) is 0 Å². The second kappa shape index (κ2) is 5.60. The van der Waals surface area contributed by atoms with E-state index in [1.807, 2.05) is 30.3 Å². The number of piperidine rings is 1. The Hall–Kier alpha value is -2.40. The summed E-state index contributed by atoms with van der Waals surface area (Å²) in [5, 5.41) is 3.31. The van der Waals surface area contributed by atoms with Crippen molar-refractivity contribution in [2.45, 2.75) is 18.4 Å². The monoisotopic (exact) mass is 328 g/mol. The molecule has 0 amide bonds. The number of para-hydroxylation sites is 1. The Bertz CT molecular complexity index is 803. The summed E-state index contributed by atoms with van der Waals surface area (Å²) in [6.45, 7) is 1.69. The molecule has 4 rings (SSSR count). The Kier molecular flexibility index (Phi) is 3.53. The molecule has 0 aliphatic carbocycles. The number of nitrogen functional groups attached to an aromatic ring is 1. The topological polar surface area (TPSA) is 47.3 Å². The first-order valence-electron chi connectivity index (χ1n) is 8.05. The summed E-state index contributed by atoms with van der Waals surface area (Å²) < 4.78 is 34.2. The van der Waals surface area contributed by atoms with Crippen molar-refractivity contribution in [3.05, 3.63) is 65.2 Å². The van der Waals surface area contributed by atoms with Gasteiger partial charge in [-0.25, -0.2) is 8.78 Å². The van der Waals surface area contributed by atoms with Gasteiger partial charge in [0.2, 0.25) is 0 Å². The minimum atomic E-state index is -0.741. The lowest BCUT2D eigenvalue weighted by atomic mass is 9.83. The van der Waals surface area contributed by atoms with Gasteiger partial charge in [-0.05, 0) is 48.5 Å². The fourth-order valence-corrected chi connectivity index (χ4v) is 3.44. The standard InChI is InChI=1S/C19H18F2N2O/c20-15-9-12(10-16(21)18(15)22)14-11-19(5-7-23-8-6-19)24-17-4-2-1-3-13(14)17/h1-4,9-11,23H,5-8,22H2. The summed E-state index contributed by atoms with van der Waals surface area (Å²) in [5.74, 6) is -0.738. The number of hydrogen-bond donors (Lipinski definition) is 2. The Morgan fingerprint density at radius 2 is 1.71 bits per heavy atom. The van der Waals surface area contributed by atoms with Crippen molar-refractivity contribution in [2.24, 2.45) is 0 Å². The third-order valence-electron chi connectivity index (χ3n) is 4.74. The minimum absolute atomic E-state index is 0.441. The smallest absolute Gasteiger partial charge is 0.149 e. The average Bonchev–Trinajstić information content (AvgIpc) is 2.59. The molecule has 3 N–H and O–H groups in total. The molecular formula is C19H18F2N2O. The first kappa shape index (κ1) is 15.1. The van der Waals surface area contributed by atoms with Crippen molar-refractivity contribution >= 4 is 11.3 Å². The third kappa shape index (κ3) is 2.45. The van der Waals surface area contributed by atoms with E-state index in [0.717, 1.165) is 42.8 Å². The largest absolute Gasteiger partial charge is 0.482 e. The summed E-state index contributed by atoms with van der Waals surface area (Å²) in [6, 6.07) is 10.2. The van der Waals surface area contributed by atoms with Crippen molar-refractivity contribution in [2.75, 3.05) is 18.8 Å². The maximum atomic E-state index is 14.0. The summed E-state index contributed by atoms with van der Waals surface area (Å²) in [6.07, 6.45) is 3.64. The van der Waals surface area contributed by atoms with E-state index in [2.05, 4.69) is 5.32 Å². The van der Waals surface area contributed by atoms with Gasteiger partial charge in [-0.15, -0.1) is 0 Å². The van der Waals surface area contributed by atoms with Crippen molar-refractivity contribution in [1.82, 2.24) is 5.32 Å². The number of benzene rings is 2. The van der Waals surface area contributed by atoms with Gasteiger partial charge < -0.3 is 15.8 Å². The van der Waals surface area contributed by atoms with E-state index >= 15 is 0 Å². The van der Waals surface area contributed by atoms with Crippen LogP contribution in [-0.4, -0.2) is 18.7 Å². The molecule has 0 saturated carbocycles. The molecule has 0 bridgehead atoms. The zero-order valence-corrected chi connectivity index (χ0v) is 13.1. The maximum absolute atomic E-state index is 14.0. The Morgan fingerprint density at radius 3 is 2.42 bits per heavy atom. The van der Waals surface area contributed by atoms with E-state index in [4.69, 9.17) is 10.5 Å². The number of fused-ring (bicyclic) bond motifs is 1. The molecule has 124 valence electrons. The predicted molar refractivity (Wildman–Crippen MR) is 89.8 cm³/mol. The fraction of sp³-hybridized carbons (Fsp3) is 0.263. The zero-order chi connectivity index (χ0) is 16.7. The van der Waals surface area contributed by atoms with Gasteiger partial charge in [0.15, 0.2) is 0 Å². The highest BCUT2D eigenvalue weighted by molar-refractivity contribution is 5.85. The van der Waals surface area contributed by atoms with Crippen LogP contribution in [0.15, 0.2) is 42.5 Å². The number of anilines is 1. The van der Waals surface area contributed by atoms with Gasteiger partial charge in [0.05, 0.1) is 0 Å². The summed E-state index contributed by atoms with van der Waals surface area (Å²) in [4.78, 5) is 0. The van der Waals surface area contributed by atoms with Crippen LogP contribution in [0.1, 0.15) is 24.0 Å². The number of nitrogens with one attached hydrogen (secondary N) is 1. The molecule has 0 atom stereocenters. The lowest BCUT2D eigenvalue weighted by Crippen LogP contribution is -2.46. The van der Waals surface area contributed by atoms with E-state index < -0.39 is 22.9 Å². The molecule has 2 aliphatic heterocycles. The molecule has 1 spiro atoms. The predicted octanol–water partition coefficient (Wildman–Crippen LogP) is 3.49.